The number of thiazole rings is 1. The first kappa shape index (κ1) is 17.6. The summed E-state index contributed by atoms with van der Waals surface area (Å²) in [5.74, 6) is 0.607. The molecular weight excluding hydrogens is 340 g/mol. The molecule has 0 unspecified atom stereocenters. The molecule has 1 saturated heterocycles. The summed E-state index contributed by atoms with van der Waals surface area (Å²) in [7, 11) is 0. The van der Waals surface area contributed by atoms with Gasteiger partial charge < -0.3 is 14.7 Å². The van der Waals surface area contributed by atoms with Crippen molar-refractivity contribution in [3.8, 4) is 0 Å². The molecule has 7 nitrogen and oxygen atoms in total. The Morgan fingerprint density at radius 1 is 1.44 bits per heavy atom. The van der Waals surface area contributed by atoms with Crippen LogP contribution in [0.4, 0.5) is 5.13 Å². The van der Waals surface area contributed by atoms with Gasteiger partial charge in [0.25, 0.3) is 0 Å². The highest BCUT2D eigenvalue weighted by atomic mass is 32.1. The van der Waals surface area contributed by atoms with Gasteiger partial charge in [-0.05, 0) is 33.1 Å². The minimum Gasteiger partial charge on any atom is -0.361 e. The lowest BCUT2D eigenvalue weighted by Crippen LogP contribution is -2.43. The molecule has 134 valence electrons. The Kier molecular flexibility index (Phi) is 5.47. The molecule has 3 heterocycles. The quantitative estimate of drug-likeness (QED) is 0.883. The van der Waals surface area contributed by atoms with Gasteiger partial charge in [-0.3, -0.25) is 9.59 Å². The van der Waals surface area contributed by atoms with Crippen LogP contribution >= 0.6 is 11.3 Å². The zero-order valence-corrected chi connectivity index (χ0v) is 15.3. The molecule has 2 aromatic rings. The lowest BCUT2D eigenvalue weighted by atomic mass is 9.96. The predicted molar refractivity (Wildman–Crippen MR) is 94.3 cm³/mol. The highest BCUT2D eigenvalue weighted by Gasteiger charge is 2.28. The summed E-state index contributed by atoms with van der Waals surface area (Å²) >= 11 is 1.39. The molecule has 25 heavy (non-hydrogen) atoms. The first-order valence-corrected chi connectivity index (χ1v) is 9.32. The molecule has 1 aliphatic rings. The first-order valence-electron chi connectivity index (χ1n) is 8.44. The maximum absolute atomic E-state index is 12.5. The Balaban J connectivity index is 1.53. The third kappa shape index (κ3) is 4.25. The average Bonchev–Trinajstić information content (AvgIpc) is 3.23. The fourth-order valence-corrected chi connectivity index (χ4v) is 3.69. The number of nitrogens with one attached hydrogen (secondary N) is 1. The molecule has 0 aliphatic carbocycles. The van der Waals surface area contributed by atoms with Gasteiger partial charge in [0.2, 0.25) is 11.8 Å². The second-order valence-electron chi connectivity index (χ2n) is 6.31. The number of carbonyl (C=O) groups is 2. The number of amides is 2. The van der Waals surface area contributed by atoms with Gasteiger partial charge in [0.05, 0.1) is 11.6 Å². The average molecular weight is 362 g/mol. The number of carbonyl (C=O) groups excluding carboxylic acids is 2. The number of hydrogen-bond acceptors (Lipinski definition) is 6. The van der Waals surface area contributed by atoms with Gasteiger partial charge in [-0.2, -0.15) is 0 Å². The van der Waals surface area contributed by atoms with Crippen LogP contribution in [0.15, 0.2) is 16.1 Å². The van der Waals surface area contributed by atoms with E-state index in [-0.39, 0.29) is 17.7 Å². The largest absolute Gasteiger partial charge is 0.361 e. The maximum atomic E-state index is 12.5. The Hall–Kier alpha value is -2.22. The highest BCUT2D eigenvalue weighted by Crippen LogP contribution is 2.21. The summed E-state index contributed by atoms with van der Waals surface area (Å²) in [5.41, 5.74) is 1.84. The van der Waals surface area contributed by atoms with Crippen molar-refractivity contribution >= 4 is 28.3 Å². The molecule has 0 bridgehead atoms. The van der Waals surface area contributed by atoms with Gasteiger partial charge in [0.1, 0.15) is 5.76 Å². The van der Waals surface area contributed by atoms with E-state index in [1.165, 1.54) is 11.3 Å². The number of nitrogens with zero attached hydrogens (tertiary/aromatic N) is 3. The van der Waals surface area contributed by atoms with Gasteiger partial charge in [-0.1, -0.05) is 5.16 Å². The number of aryl methyl sites for hydroxylation is 2. The monoisotopic (exact) mass is 362 g/mol. The topological polar surface area (TPSA) is 88.3 Å². The Morgan fingerprint density at radius 3 is 2.96 bits per heavy atom. The van der Waals surface area contributed by atoms with Crippen LogP contribution in [-0.4, -0.2) is 39.9 Å². The van der Waals surface area contributed by atoms with Crippen molar-refractivity contribution in [2.75, 3.05) is 18.4 Å². The SMILES string of the molecule is Cc1noc(C)c1CCC(=O)N1CCC[C@@H](C(=O)Nc2nccs2)C1. The molecule has 0 spiro atoms. The second kappa shape index (κ2) is 7.77. The van der Waals surface area contributed by atoms with Crippen LogP contribution in [0.1, 0.15) is 36.3 Å². The molecule has 2 aromatic heterocycles. The molecule has 8 heteroatoms. The lowest BCUT2D eigenvalue weighted by molar-refractivity contribution is -0.134. The van der Waals surface area contributed by atoms with E-state index in [2.05, 4.69) is 15.5 Å². The number of hydrogen-bond donors (Lipinski definition) is 1. The molecule has 0 saturated carbocycles. The van der Waals surface area contributed by atoms with E-state index in [1.807, 2.05) is 19.2 Å². The molecule has 1 N–H and O–H groups in total. The van der Waals surface area contributed by atoms with Crippen LogP contribution in [0.3, 0.4) is 0 Å². The van der Waals surface area contributed by atoms with E-state index in [0.717, 1.165) is 29.9 Å². The van der Waals surface area contributed by atoms with E-state index in [9.17, 15) is 9.59 Å². The highest BCUT2D eigenvalue weighted by molar-refractivity contribution is 7.13. The number of anilines is 1. The summed E-state index contributed by atoms with van der Waals surface area (Å²) in [4.78, 5) is 30.8. The summed E-state index contributed by atoms with van der Waals surface area (Å²) in [6, 6.07) is 0. The van der Waals surface area contributed by atoms with Gasteiger partial charge in [-0.15, -0.1) is 11.3 Å². The number of rotatable bonds is 5. The first-order chi connectivity index (χ1) is 12.0. The van der Waals surface area contributed by atoms with Gasteiger partial charge in [0.15, 0.2) is 5.13 Å². The molecular formula is C17H22N4O3S. The standard InChI is InChI=1S/C17H22N4O3S/c1-11-14(12(2)24-20-11)5-6-15(22)21-8-3-4-13(10-21)16(23)19-17-18-7-9-25-17/h7,9,13H,3-6,8,10H2,1-2H3,(H,18,19,23)/t13-/m1/s1. The van der Waals surface area contributed by atoms with Crippen LogP contribution in [0, 0.1) is 19.8 Å². The van der Waals surface area contributed by atoms with Crippen molar-refractivity contribution in [3.63, 3.8) is 0 Å². The summed E-state index contributed by atoms with van der Waals surface area (Å²) in [5, 5.41) is 9.17. The minimum atomic E-state index is -0.180. The smallest absolute Gasteiger partial charge is 0.231 e. The van der Waals surface area contributed by atoms with Crippen LogP contribution in [-0.2, 0) is 16.0 Å². The second-order valence-corrected chi connectivity index (χ2v) is 7.20. The Labute approximate surface area is 150 Å². The van der Waals surface area contributed by atoms with Crippen molar-refractivity contribution in [1.82, 2.24) is 15.0 Å². The van der Waals surface area contributed by atoms with Crippen molar-refractivity contribution in [1.29, 1.82) is 0 Å². The molecule has 1 atom stereocenters. The van der Waals surface area contributed by atoms with Gasteiger partial charge >= 0.3 is 0 Å². The molecule has 3 rings (SSSR count). The zero-order chi connectivity index (χ0) is 17.8. The number of aromatic nitrogens is 2. The van der Waals surface area contributed by atoms with E-state index < -0.39 is 0 Å². The third-order valence-corrected chi connectivity index (χ3v) is 5.27. The van der Waals surface area contributed by atoms with Crippen LogP contribution in [0.2, 0.25) is 0 Å². The van der Waals surface area contributed by atoms with Crippen LogP contribution in [0.25, 0.3) is 0 Å². The van der Waals surface area contributed by atoms with Crippen molar-refractivity contribution in [3.05, 3.63) is 28.6 Å². The summed E-state index contributed by atoms with van der Waals surface area (Å²) in [6.07, 6.45) is 4.32. The zero-order valence-electron chi connectivity index (χ0n) is 14.4. The lowest BCUT2D eigenvalue weighted by Gasteiger charge is -2.32. The Morgan fingerprint density at radius 2 is 2.28 bits per heavy atom. The van der Waals surface area contributed by atoms with E-state index >= 15 is 0 Å². The maximum Gasteiger partial charge on any atom is 0.231 e. The predicted octanol–water partition coefficient (Wildman–Crippen LogP) is 2.56. The van der Waals surface area contributed by atoms with E-state index in [4.69, 9.17) is 4.52 Å². The van der Waals surface area contributed by atoms with Crippen LogP contribution < -0.4 is 5.32 Å². The van der Waals surface area contributed by atoms with Crippen molar-refractivity contribution < 1.29 is 14.1 Å². The fraction of sp³-hybridized carbons (Fsp3) is 0.529. The normalized spacial score (nSPS) is 17.5. The summed E-state index contributed by atoms with van der Waals surface area (Å²) in [6.45, 7) is 4.93. The third-order valence-electron chi connectivity index (χ3n) is 4.58. The molecule has 0 aromatic carbocycles. The summed E-state index contributed by atoms with van der Waals surface area (Å²) < 4.78 is 5.14. The fourth-order valence-electron chi connectivity index (χ4n) is 3.16. The van der Waals surface area contributed by atoms with Gasteiger partial charge in [-0.25, -0.2) is 4.98 Å². The molecule has 0 radical (unpaired) electrons. The molecule has 2 amide bonds. The van der Waals surface area contributed by atoms with Crippen LogP contribution in [0.5, 0.6) is 0 Å². The molecule has 1 aliphatic heterocycles. The minimum absolute atomic E-state index is 0.0572. The van der Waals surface area contributed by atoms with E-state index in [1.54, 1.807) is 11.1 Å². The van der Waals surface area contributed by atoms with Crippen molar-refractivity contribution in [2.45, 2.75) is 39.5 Å². The van der Waals surface area contributed by atoms with Gasteiger partial charge in [0, 0.05) is 36.7 Å². The van der Waals surface area contributed by atoms with E-state index in [0.29, 0.717) is 31.1 Å². The molecule has 1 fully saturated rings. The van der Waals surface area contributed by atoms with Crippen molar-refractivity contribution in [2.24, 2.45) is 5.92 Å². The number of likely N-dealkylation sites (tertiary alicyclic amines) is 1. The Bertz CT molecular complexity index is 722. The number of piperidine rings is 1.